The number of nitrogens with zero attached hydrogens (tertiary/aromatic N) is 2. The molecule has 2 heterocycles. The number of anilines is 1. The molecule has 0 amide bonds. The van der Waals surface area contributed by atoms with Gasteiger partial charge in [-0.05, 0) is 31.0 Å². The van der Waals surface area contributed by atoms with Crippen LogP contribution in [0.5, 0.6) is 0 Å². The molecular weight excluding hydrogens is 382 g/mol. The van der Waals surface area contributed by atoms with Crippen LogP contribution in [0.2, 0.25) is 0 Å². The molecular formula is C19H25N3O7. The number of carbonyl (C=O) groups excluding carboxylic acids is 2. The molecule has 1 aliphatic heterocycles. The predicted octanol–water partition coefficient (Wildman–Crippen LogP) is 1.66. The maximum absolute atomic E-state index is 11.9. The number of nitrogens with one attached hydrogen (secondary N) is 1. The molecule has 0 spiro atoms. The summed E-state index contributed by atoms with van der Waals surface area (Å²) in [4.78, 5) is 35.4. The summed E-state index contributed by atoms with van der Waals surface area (Å²) in [6, 6.07) is 10.2. The molecule has 0 saturated carbocycles. The van der Waals surface area contributed by atoms with Crippen molar-refractivity contribution in [3.05, 3.63) is 58.6 Å². The molecule has 0 aliphatic carbocycles. The smallest absolute Gasteiger partial charge is 0.351 e. The quantitative estimate of drug-likeness (QED) is 0.561. The molecule has 158 valence electrons. The van der Waals surface area contributed by atoms with Crippen LogP contribution in [0, 0.1) is 0 Å². The van der Waals surface area contributed by atoms with Gasteiger partial charge in [0.15, 0.2) is 5.82 Å². The van der Waals surface area contributed by atoms with Gasteiger partial charge < -0.3 is 19.0 Å². The van der Waals surface area contributed by atoms with Crippen molar-refractivity contribution in [2.45, 2.75) is 25.2 Å². The summed E-state index contributed by atoms with van der Waals surface area (Å²) in [5.41, 5.74) is 1.78. The van der Waals surface area contributed by atoms with Gasteiger partial charge in [-0.1, -0.05) is 18.2 Å². The van der Waals surface area contributed by atoms with E-state index >= 15 is 0 Å². The third-order valence-corrected chi connectivity index (χ3v) is 3.75. The van der Waals surface area contributed by atoms with E-state index in [2.05, 4.69) is 9.72 Å². The lowest BCUT2D eigenvalue weighted by molar-refractivity contribution is -0.0980. The first-order valence-corrected chi connectivity index (χ1v) is 8.65. The molecule has 1 saturated heterocycles. The molecule has 0 radical (unpaired) electrons. The lowest BCUT2D eigenvalue weighted by atomic mass is 10.2. The molecule has 1 fully saturated rings. The fourth-order valence-corrected chi connectivity index (χ4v) is 2.53. The van der Waals surface area contributed by atoms with Crippen molar-refractivity contribution in [2.75, 3.05) is 26.3 Å². The fraction of sp³-hybridized carbons (Fsp3) is 0.368. The van der Waals surface area contributed by atoms with E-state index in [1.54, 1.807) is 38.5 Å². The largest absolute Gasteiger partial charge is 0.459 e. The van der Waals surface area contributed by atoms with Crippen LogP contribution in [0.25, 0.3) is 0 Å². The Hall–Kier alpha value is -3.08. The van der Waals surface area contributed by atoms with Gasteiger partial charge in [-0.2, -0.15) is 4.98 Å². The van der Waals surface area contributed by atoms with Crippen molar-refractivity contribution in [3.8, 4) is 0 Å². The van der Waals surface area contributed by atoms with Crippen LogP contribution in [-0.4, -0.2) is 54.4 Å². The minimum absolute atomic E-state index is 0.0718. The first kappa shape index (κ1) is 24.0. The van der Waals surface area contributed by atoms with Gasteiger partial charge in [-0.15, -0.1) is 0 Å². The van der Waals surface area contributed by atoms with Crippen LogP contribution < -0.4 is 11.2 Å². The number of rotatable bonds is 5. The minimum Gasteiger partial charge on any atom is -0.459 e. The maximum Gasteiger partial charge on any atom is 0.351 e. The van der Waals surface area contributed by atoms with Crippen LogP contribution in [0.15, 0.2) is 47.4 Å². The zero-order chi connectivity index (χ0) is 21.6. The number of carbonyl (C=O) groups is 2. The van der Waals surface area contributed by atoms with Gasteiger partial charge in [0.25, 0.3) is 0 Å². The highest BCUT2D eigenvalue weighted by Crippen LogP contribution is 2.27. The molecule has 0 bridgehead atoms. The van der Waals surface area contributed by atoms with E-state index in [9.17, 15) is 9.59 Å². The molecule has 10 nitrogen and oxygen atoms in total. The molecule has 1 aromatic heterocycles. The summed E-state index contributed by atoms with van der Waals surface area (Å²) in [7, 11) is 3.25. The van der Waals surface area contributed by atoms with Gasteiger partial charge in [0.05, 0.1) is 11.7 Å². The van der Waals surface area contributed by atoms with Gasteiger partial charge in [0.1, 0.15) is 19.6 Å². The van der Waals surface area contributed by atoms with Gasteiger partial charge in [-0.3, -0.25) is 15.3 Å². The lowest BCUT2D eigenvalue weighted by Gasteiger charge is -2.16. The van der Waals surface area contributed by atoms with E-state index in [-0.39, 0.29) is 18.5 Å². The zero-order valence-electron chi connectivity index (χ0n) is 16.3. The van der Waals surface area contributed by atoms with E-state index in [1.165, 1.54) is 16.8 Å². The number of ether oxygens (including phenoxy) is 3. The Morgan fingerprint density at radius 1 is 1.28 bits per heavy atom. The van der Waals surface area contributed by atoms with Crippen molar-refractivity contribution >= 4 is 18.6 Å². The van der Waals surface area contributed by atoms with Gasteiger partial charge in [0.2, 0.25) is 0 Å². The normalized spacial score (nSPS) is 17.2. The minimum atomic E-state index is -0.527. The van der Waals surface area contributed by atoms with Crippen LogP contribution >= 0.6 is 0 Å². The third-order valence-electron chi connectivity index (χ3n) is 3.75. The lowest BCUT2D eigenvalue weighted by Crippen LogP contribution is -2.28. The van der Waals surface area contributed by atoms with E-state index in [0.717, 1.165) is 0 Å². The highest BCUT2D eigenvalue weighted by Gasteiger charge is 2.28. The highest BCUT2D eigenvalue weighted by molar-refractivity contribution is 5.89. The number of methoxy groups -OCH3 is 1. The third kappa shape index (κ3) is 7.45. The fourth-order valence-electron chi connectivity index (χ4n) is 2.53. The number of esters is 1. The number of hydrogen-bond acceptors (Lipinski definition) is 9. The monoisotopic (exact) mass is 407 g/mol. The Balaban J connectivity index is 0.000000771. The molecule has 1 aromatic carbocycles. The molecule has 3 rings (SSSR count). The van der Waals surface area contributed by atoms with Crippen molar-refractivity contribution in [1.82, 2.24) is 9.55 Å². The van der Waals surface area contributed by atoms with Crippen LogP contribution in [0.4, 0.5) is 5.82 Å². The van der Waals surface area contributed by atoms with Crippen LogP contribution in [-0.2, 0) is 19.0 Å². The van der Waals surface area contributed by atoms with E-state index in [0.29, 0.717) is 18.4 Å². The maximum atomic E-state index is 11.9. The van der Waals surface area contributed by atoms with Gasteiger partial charge in [-0.25, -0.2) is 9.59 Å². The summed E-state index contributed by atoms with van der Waals surface area (Å²) in [5, 5.41) is 8.74. The molecule has 10 heteroatoms. The average molecular weight is 407 g/mol. The molecule has 2 N–H and O–H groups in total. The van der Waals surface area contributed by atoms with Gasteiger partial charge in [0, 0.05) is 20.4 Å². The Labute approximate surface area is 168 Å². The van der Waals surface area contributed by atoms with E-state index in [1.807, 2.05) is 18.3 Å². The number of aromatic nitrogens is 2. The summed E-state index contributed by atoms with van der Waals surface area (Å²) in [5.74, 6) is -0.331. The Kier molecular flexibility index (Phi) is 10.9. The van der Waals surface area contributed by atoms with Crippen molar-refractivity contribution < 1.29 is 29.0 Å². The predicted molar refractivity (Wildman–Crippen MR) is 104 cm³/mol. The first-order chi connectivity index (χ1) is 14.1. The van der Waals surface area contributed by atoms with E-state index < -0.39 is 17.9 Å². The van der Waals surface area contributed by atoms with Gasteiger partial charge >= 0.3 is 11.7 Å². The zero-order valence-corrected chi connectivity index (χ0v) is 16.3. The number of hydrogen-bond donors (Lipinski definition) is 2. The van der Waals surface area contributed by atoms with Crippen molar-refractivity contribution in [2.24, 2.45) is 0 Å². The second-order valence-corrected chi connectivity index (χ2v) is 5.78. The summed E-state index contributed by atoms with van der Waals surface area (Å²) in [6.07, 6.45) is 2.04. The second kappa shape index (κ2) is 13.2. The summed E-state index contributed by atoms with van der Waals surface area (Å²) >= 11 is 0. The molecule has 29 heavy (non-hydrogen) atoms. The molecule has 1 aliphatic rings. The highest BCUT2D eigenvalue weighted by atomic mass is 16.6. The van der Waals surface area contributed by atoms with Crippen LogP contribution in [0.3, 0.4) is 0 Å². The van der Waals surface area contributed by atoms with Crippen molar-refractivity contribution in [3.63, 3.8) is 0 Å². The Morgan fingerprint density at radius 3 is 2.52 bits per heavy atom. The van der Waals surface area contributed by atoms with Crippen LogP contribution in [0.1, 0.15) is 29.4 Å². The topological polar surface area (TPSA) is 129 Å². The summed E-state index contributed by atoms with van der Waals surface area (Å²) < 4.78 is 16.6. The standard InChI is InChI=1S/C16H17N3O5.C2H6O.CH2O/c20-15(11-4-2-1-3-5-11)23-10-12-6-7-14(24-12)19-9-8-13(18-22)17-16(19)21;1-3-2;1-2/h1-5,8-9,12,14,22H,6-7,10H2,(H,17,18,21);1-2H3;1H2. The summed E-state index contributed by atoms with van der Waals surface area (Å²) in [6.45, 7) is 2.13. The Morgan fingerprint density at radius 2 is 1.93 bits per heavy atom. The SMILES string of the molecule is C=O.COC.O=C(OCC1CCC(n2ccc(NO)nc2=O)O1)c1ccccc1. The van der Waals surface area contributed by atoms with Crippen molar-refractivity contribution in [1.29, 1.82) is 0 Å². The Bertz CT molecular complexity index is 798. The molecule has 2 unspecified atom stereocenters. The molecule has 2 atom stereocenters. The first-order valence-electron chi connectivity index (χ1n) is 8.65. The number of benzene rings is 1. The molecule has 2 aromatic rings. The average Bonchev–Trinajstić information content (AvgIpc) is 3.23. The second-order valence-electron chi connectivity index (χ2n) is 5.78. The van der Waals surface area contributed by atoms with E-state index in [4.69, 9.17) is 19.5 Å².